The first-order chi connectivity index (χ1) is 12.2. The molecule has 0 spiro atoms. The fourth-order valence-corrected chi connectivity index (χ4v) is 3.04. The summed E-state index contributed by atoms with van der Waals surface area (Å²) in [7, 11) is 0. The molecular formula is C20H19NO3S. The Morgan fingerprint density at radius 3 is 2.48 bits per heavy atom. The third-order valence-corrected chi connectivity index (χ3v) is 4.32. The van der Waals surface area contributed by atoms with Crippen LogP contribution in [0.15, 0.2) is 60.0 Å². The third-order valence-electron chi connectivity index (χ3n) is 3.47. The first-order valence-electron chi connectivity index (χ1n) is 8.18. The molecule has 3 aromatic rings. The molecule has 3 rings (SSSR count). The lowest BCUT2D eigenvalue weighted by atomic mass is 10.2. The summed E-state index contributed by atoms with van der Waals surface area (Å²) >= 11 is 1.46. The van der Waals surface area contributed by atoms with Crippen LogP contribution in [-0.4, -0.2) is 17.6 Å². The van der Waals surface area contributed by atoms with Gasteiger partial charge in [0.05, 0.1) is 11.6 Å². The van der Waals surface area contributed by atoms with Crippen molar-refractivity contribution in [2.45, 2.75) is 19.8 Å². The molecule has 0 saturated heterocycles. The van der Waals surface area contributed by atoms with Gasteiger partial charge in [0.1, 0.15) is 11.5 Å². The number of carbonyl (C=O) groups is 1. The zero-order valence-electron chi connectivity index (χ0n) is 14.0. The number of nitrogens with zero attached hydrogens (tertiary/aromatic N) is 1. The normalized spacial score (nSPS) is 10.4. The van der Waals surface area contributed by atoms with Crippen LogP contribution in [-0.2, 0) is 6.42 Å². The fourth-order valence-electron chi connectivity index (χ4n) is 2.24. The van der Waals surface area contributed by atoms with E-state index in [0.29, 0.717) is 24.5 Å². The van der Waals surface area contributed by atoms with E-state index in [2.05, 4.69) is 11.9 Å². The molecule has 0 aliphatic carbocycles. The molecule has 0 amide bonds. The van der Waals surface area contributed by atoms with Gasteiger partial charge in [-0.25, -0.2) is 9.78 Å². The number of rotatable bonds is 7. The first kappa shape index (κ1) is 17.2. The Bertz CT molecular complexity index is 812. The van der Waals surface area contributed by atoms with Crippen LogP contribution in [0, 0.1) is 0 Å². The number of hydrogen-bond donors (Lipinski definition) is 0. The molecule has 5 heteroatoms. The Hall–Kier alpha value is -2.66. The quantitative estimate of drug-likeness (QED) is 0.455. The SMILES string of the molecule is CCCOc1ccc(OC(=O)c2csc(Cc3ccccc3)n2)cc1. The van der Waals surface area contributed by atoms with Crippen molar-refractivity contribution in [1.82, 2.24) is 4.98 Å². The van der Waals surface area contributed by atoms with Crippen molar-refractivity contribution in [1.29, 1.82) is 0 Å². The Balaban J connectivity index is 1.60. The molecule has 0 unspecified atom stereocenters. The van der Waals surface area contributed by atoms with Gasteiger partial charge in [-0.05, 0) is 36.2 Å². The largest absolute Gasteiger partial charge is 0.494 e. The maximum absolute atomic E-state index is 12.2. The molecule has 0 N–H and O–H groups in total. The molecule has 2 aromatic carbocycles. The lowest BCUT2D eigenvalue weighted by molar-refractivity contribution is 0.0729. The third kappa shape index (κ3) is 4.90. The van der Waals surface area contributed by atoms with Gasteiger partial charge in [-0.3, -0.25) is 0 Å². The number of benzene rings is 2. The van der Waals surface area contributed by atoms with E-state index in [1.807, 2.05) is 30.3 Å². The number of thiazole rings is 1. The summed E-state index contributed by atoms with van der Waals surface area (Å²) in [6.07, 6.45) is 1.66. The average Bonchev–Trinajstić information content (AvgIpc) is 3.11. The van der Waals surface area contributed by atoms with Gasteiger partial charge < -0.3 is 9.47 Å². The van der Waals surface area contributed by atoms with E-state index in [1.165, 1.54) is 16.9 Å². The first-order valence-corrected chi connectivity index (χ1v) is 9.06. The van der Waals surface area contributed by atoms with E-state index >= 15 is 0 Å². The second-order valence-electron chi connectivity index (χ2n) is 5.50. The van der Waals surface area contributed by atoms with Crippen LogP contribution in [0.1, 0.15) is 34.4 Å². The van der Waals surface area contributed by atoms with Gasteiger partial charge in [0.15, 0.2) is 5.69 Å². The van der Waals surface area contributed by atoms with Crippen molar-refractivity contribution in [2.75, 3.05) is 6.61 Å². The van der Waals surface area contributed by atoms with E-state index in [9.17, 15) is 4.79 Å². The molecule has 25 heavy (non-hydrogen) atoms. The van der Waals surface area contributed by atoms with E-state index in [0.717, 1.165) is 17.2 Å². The number of aromatic nitrogens is 1. The summed E-state index contributed by atoms with van der Waals surface area (Å²) < 4.78 is 10.9. The smallest absolute Gasteiger partial charge is 0.363 e. The summed E-state index contributed by atoms with van der Waals surface area (Å²) in [4.78, 5) is 16.6. The van der Waals surface area contributed by atoms with Crippen molar-refractivity contribution in [3.8, 4) is 11.5 Å². The van der Waals surface area contributed by atoms with Gasteiger partial charge in [0, 0.05) is 11.8 Å². The minimum absolute atomic E-state index is 0.335. The second kappa shape index (κ2) is 8.44. The monoisotopic (exact) mass is 353 g/mol. The van der Waals surface area contributed by atoms with Crippen molar-refractivity contribution in [2.24, 2.45) is 0 Å². The number of hydrogen-bond acceptors (Lipinski definition) is 5. The van der Waals surface area contributed by atoms with Crippen molar-refractivity contribution < 1.29 is 14.3 Å². The van der Waals surface area contributed by atoms with Gasteiger partial charge in [-0.1, -0.05) is 37.3 Å². The Morgan fingerprint density at radius 2 is 1.76 bits per heavy atom. The van der Waals surface area contributed by atoms with E-state index in [4.69, 9.17) is 9.47 Å². The minimum Gasteiger partial charge on any atom is -0.494 e. The van der Waals surface area contributed by atoms with Crippen LogP contribution in [0.2, 0.25) is 0 Å². The van der Waals surface area contributed by atoms with Crippen LogP contribution in [0.4, 0.5) is 0 Å². The predicted octanol–water partition coefficient (Wildman–Crippen LogP) is 4.74. The highest BCUT2D eigenvalue weighted by atomic mass is 32.1. The Kier molecular flexibility index (Phi) is 5.80. The van der Waals surface area contributed by atoms with E-state index in [-0.39, 0.29) is 0 Å². The molecule has 1 heterocycles. The van der Waals surface area contributed by atoms with E-state index in [1.54, 1.807) is 29.6 Å². The summed E-state index contributed by atoms with van der Waals surface area (Å²) in [5.74, 6) is 0.796. The maximum atomic E-state index is 12.2. The molecule has 0 saturated carbocycles. The summed E-state index contributed by atoms with van der Waals surface area (Å²) in [5.41, 5.74) is 1.50. The van der Waals surface area contributed by atoms with Crippen LogP contribution in [0.25, 0.3) is 0 Å². The average molecular weight is 353 g/mol. The molecule has 0 atom stereocenters. The summed E-state index contributed by atoms with van der Waals surface area (Å²) in [6, 6.07) is 17.1. The second-order valence-corrected chi connectivity index (χ2v) is 6.44. The number of ether oxygens (including phenoxy) is 2. The molecule has 4 nitrogen and oxygen atoms in total. The molecule has 0 radical (unpaired) electrons. The highest BCUT2D eigenvalue weighted by molar-refractivity contribution is 7.09. The van der Waals surface area contributed by atoms with Gasteiger partial charge in [0.2, 0.25) is 0 Å². The molecule has 0 aliphatic rings. The van der Waals surface area contributed by atoms with Crippen LogP contribution in [0.3, 0.4) is 0 Å². The lowest BCUT2D eigenvalue weighted by Gasteiger charge is -2.06. The van der Waals surface area contributed by atoms with Crippen LogP contribution in [0.5, 0.6) is 11.5 Å². The zero-order valence-corrected chi connectivity index (χ0v) is 14.8. The van der Waals surface area contributed by atoms with Crippen molar-refractivity contribution >= 4 is 17.3 Å². The predicted molar refractivity (Wildman–Crippen MR) is 98.5 cm³/mol. The van der Waals surface area contributed by atoms with Crippen molar-refractivity contribution in [3.63, 3.8) is 0 Å². The van der Waals surface area contributed by atoms with Crippen molar-refractivity contribution in [3.05, 3.63) is 76.2 Å². The number of esters is 1. The molecule has 0 aliphatic heterocycles. The molecular weight excluding hydrogens is 334 g/mol. The lowest BCUT2D eigenvalue weighted by Crippen LogP contribution is -2.09. The minimum atomic E-state index is -0.446. The molecule has 0 fully saturated rings. The Labute approximate surface area is 151 Å². The standard InChI is InChI=1S/C20H19NO3S/c1-2-12-23-16-8-10-17(11-9-16)24-20(22)18-14-25-19(21-18)13-15-6-4-3-5-7-15/h3-11,14H,2,12-13H2,1H3. The summed E-state index contributed by atoms with van der Waals surface area (Å²) in [5, 5.41) is 2.63. The molecule has 128 valence electrons. The fraction of sp³-hybridized carbons (Fsp3) is 0.200. The van der Waals surface area contributed by atoms with Crippen LogP contribution < -0.4 is 9.47 Å². The van der Waals surface area contributed by atoms with Gasteiger partial charge in [-0.2, -0.15) is 0 Å². The van der Waals surface area contributed by atoms with Gasteiger partial charge in [-0.15, -0.1) is 11.3 Å². The number of carbonyl (C=O) groups excluding carboxylic acids is 1. The molecule has 0 bridgehead atoms. The molecule has 1 aromatic heterocycles. The highest BCUT2D eigenvalue weighted by Gasteiger charge is 2.13. The maximum Gasteiger partial charge on any atom is 0.363 e. The van der Waals surface area contributed by atoms with Gasteiger partial charge in [0.25, 0.3) is 0 Å². The topological polar surface area (TPSA) is 48.4 Å². The Morgan fingerprint density at radius 1 is 1.04 bits per heavy atom. The van der Waals surface area contributed by atoms with E-state index < -0.39 is 5.97 Å². The highest BCUT2D eigenvalue weighted by Crippen LogP contribution is 2.20. The van der Waals surface area contributed by atoms with Gasteiger partial charge >= 0.3 is 5.97 Å². The summed E-state index contributed by atoms with van der Waals surface area (Å²) in [6.45, 7) is 2.72. The zero-order chi connectivity index (χ0) is 17.5. The van der Waals surface area contributed by atoms with Crippen LogP contribution >= 0.6 is 11.3 Å².